The van der Waals surface area contributed by atoms with Gasteiger partial charge in [0, 0.05) is 44.0 Å². The van der Waals surface area contributed by atoms with Crippen LogP contribution in [0.25, 0.3) is 0 Å². The predicted molar refractivity (Wildman–Crippen MR) is 141 cm³/mol. The summed E-state index contributed by atoms with van der Waals surface area (Å²) in [6.07, 6.45) is 6.46. The van der Waals surface area contributed by atoms with Gasteiger partial charge in [-0.1, -0.05) is 70.4 Å². The third kappa shape index (κ3) is 6.40. The zero-order valence-electron chi connectivity index (χ0n) is 21.5. The van der Waals surface area contributed by atoms with E-state index in [0.717, 1.165) is 41.8 Å². The molecule has 5 heteroatoms. The number of amides is 2. The van der Waals surface area contributed by atoms with Gasteiger partial charge in [0.15, 0.2) is 0 Å². The van der Waals surface area contributed by atoms with Crippen molar-refractivity contribution in [1.82, 2.24) is 4.90 Å². The fraction of sp³-hybridized carbons (Fsp3) is 0.517. The summed E-state index contributed by atoms with van der Waals surface area (Å²) in [4.78, 5) is 30.6. The molecule has 0 aromatic heterocycles. The van der Waals surface area contributed by atoms with Crippen molar-refractivity contribution in [3.8, 4) is 0 Å². The SMILES string of the molecule is CCC(C(=O)N(Cc1cc(NC(=O)C(C)C)ccc1N(C)C)C1CCCCC1)c1ccccc1. The van der Waals surface area contributed by atoms with Gasteiger partial charge in [0.2, 0.25) is 11.8 Å². The molecule has 1 unspecified atom stereocenters. The summed E-state index contributed by atoms with van der Waals surface area (Å²) in [5.41, 5.74) is 4.00. The molecule has 1 fully saturated rings. The molecule has 184 valence electrons. The van der Waals surface area contributed by atoms with Crippen LogP contribution in [-0.4, -0.2) is 36.9 Å². The molecule has 0 spiro atoms. The summed E-state index contributed by atoms with van der Waals surface area (Å²) in [6.45, 7) is 6.43. The Morgan fingerprint density at radius 2 is 1.68 bits per heavy atom. The highest BCUT2D eigenvalue weighted by atomic mass is 16.2. The Bertz CT molecular complexity index is 949. The van der Waals surface area contributed by atoms with Crippen LogP contribution in [0.5, 0.6) is 0 Å². The van der Waals surface area contributed by atoms with Crippen LogP contribution in [0.4, 0.5) is 11.4 Å². The first-order valence-corrected chi connectivity index (χ1v) is 12.8. The highest BCUT2D eigenvalue weighted by molar-refractivity contribution is 5.92. The van der Waals surface area contributed by atoms with E-state index in [1.165, 1.54) is 19.3 Å². The van der Waals surface area contributed by atoms with Gasteiger partial charge in [0.1, 0.15) is 0 Å². The van der Waals surface area contributed by atoms with E-state index in [1.807, 2.05) is 64.3 Å². The summed E-state index contributed by atoms with van der Waals surface area (Å²) in [6, 6.07) is 16.5. The second-order valence-corrected chi connectivity index (χ2v) is 10.0. The van der Waals surface area contributed by atoms with Gasteiger partial charge in [-0.25, -0.2) is 0 Å². The topological polar surface area (TPSA) is 52.7 Å². The molecule has 0 heterocycles. The van der Waals surface area contributed by atoms with Crippen molar-refractivity contribution in [2.24, 2.45) is 5.92 Å². The Balaban J connectivity index is 1.97. The van der Waals surface area contributed by atoms with Crippen LogP contribution >= 0.6 is 0 Å². The van der Waals surface area contributed by atoms with Crippen molar-refractivity contribution in [2.75, 3.05) is 24.3 Å². The summed E-state index contributed by atoms with van der Waals surface area (Å²) in [5, 5.41) is 3.03. The average molecular weight is 464 g/mol. The molecule has 0 aliphatic heterocycles. The Morgan fingerprint density at radius 3 is 2.26 bits per heavy atom. The third-order valence-corrected chi connectivity index (χ3v) is 6.90. The minimum Gasteiger partial charge on any atom is -0.377 e. The maximum absolute atomic E-state index is 14.1. The lowest BCUT2D eigenvalue weighted by Gasteiger charge is -2.37. The molecule has 1 atom stereocenters. The second kappa shape index (κ2) is 12.0. The van der Waals surface area contributed by atoms with Crippen LogP contribution in [0.2, 0.25) is 0 Å². The number of hydrogen-bond donors (Lipinski definition) is 1. The van der Waals surface area contributed by atoms with Gasteiger partial charge in [-0.15, -0.1) is 0 Å². The molecule has 0 bridgehead atoms. The maximum Gasteiger partial charge on any atom is 0.230 e. The minimum atomic E-state index is -0.144. The van der Waals surface area contributed by atoms with E-state index in [2.05, 4.69) is 34.2 Å². The van der Waals surface area contributed by atoms with Crippen LogP contribution in [0, 0.1) is 5.92 Å². The lowest BCUT2D eigenvalue weighted by atomic mass is 9.90. The predicted octanol–water partition coefficient (Wildman–Crippen LogP) is 6.20. The van der Waals surface area contributed by atoms with Gasteiger partial charge in [0.05, 0.1) is 5.92 Å². The van der Waals surface area contributed by atoms with E-state index in [4.69, 9.17) is 0 Å². The van der Waals surface area contributed by atoms with E-state index >= 15 is 0 Å². The molecule has 2 aromatic rings. The second-order valence-electron chi connectivity index (χ2n) is 10.0. The van der Waals surface area contributed by atoms with Crippen molar-refractivity contribution in [3.05, 3.63) is 59.7 Å². The number of rotatable bonds is 9. The highest BCUT2D eigenvalue weighted by Crippen LogP contribution is 2.32. The summed E-state index contributed by atoms with van der Waals surface area (Å²) in [7, 11) is 4.05. The van der Waals surface area contributed by atoms with Crippen molar-refractivity contribution >= 4 is 23.2 Å². The number of nitrogens with one attached hydrogen (secondary N) is 1. The Morgan fingerprint density at radius 1 is 1.00 bits per heavy atom. The van der Waals surface area contributed by atoms with Gasteiger partial charge in [0.25, 0.3) is 0 Å². The van der Waals surface area contributed by atoms with E-state index in [-0.39, 0.29) is 29.7 Å². The first kappa shape index (κ1) is 25.8. The molecule has 0 saturated heterocycles. The van der Waals surface area contributed by atoms with Gasteiger partial charge >= 0.3 is 0 Å². The van der Waals surface area contributed by atoms with Gasteiger partial charge in [-0.3, -0.25) is 9.59 Å². The molecular weight excluding hydrogens is 422 g/mol. The number of anilines is 2. The van der Waals surface area contributed by atoms with Crippen LogP contribution < -0.4 is 10.2 Å². The fourth-order valence-corrected chi connectivity index (χ4v) is 4.91. The van der Waals surface area contributed by atoms with Crippen LogP contribution in [0.3, 0.4) is 0 Å². The molecular formula is C29H41N3O2. The molecule has 34 heavy (non-hydrogen) atoms. The molecule has 3 rings (SSSR count). The van der Waals surface area contributed by atoms with E-state index in [1.54, 1.807) is 0 Å². The van der Waals surface area contributed by atoms with E-state index in [0.29, 0.717) is 6.54 Å². The Kier molecular flexibility index (Phi) is 9.14. The molecule has 0 radical (unpaired) electrons. The molecule has 2 amide bonds. The number of benzene rings is 2. The quantitative estimate of drug-likeness (QED) is 0.481. The average Bonchev–Trinajstić information content (AvgIpc) is 2.84. The van der Waals surface area contributed by atoms with Gasteiger partial charge in [-0.05, 0) is 48.6 Å². The monoisotopic (exact) mass is 463 g/mol. The van der Waals surface area contributed by atoms with Crippen LogP contribution in [0.1, 0.15) is 76.3 Å². The van der Waals surface area contributed by atoms with E-state index < -0.39 is 0 Å². The number of nitrogens with zero attached hydrogens (tertiary/aromatic N) is 2. The van der Waals surface area contributed by atoms with Crippen molar-refractivity contribution in [2.45, 2.75) is 77.8 Å². The van der Waals surface area contributed by atoms with Crippen LogP contribution in [0.15, 0.2) is 48.5 Å². The van der Waals surface area contributed by atoms with Gasteiger partial charge < -0.3 is 15.1 Å². The standard InChI is InChI=1S/C29H41N3O2/c1-6-26(22-13-9-7-10-14-22)29(34)32(25-15-11-8-12-16-25)20-23-19-24(30-28(33)21(2)3)17-18-27(23)31(4)5/h7,9-10,13-14,17-19,21,25-26H,6,8,11-12,15-16,20H2,1-5H3,(H,30,33). The zero-order valence-corrected chi connectivity index (χ0v) is 21.5. The first-order chi connectivity index (χ1) is 16.3. The lowest BCUT2D eigenvalue weighted by molar-refractivity contribution is -0.136. The largest absolute Gasteiger partial charge is 0.377 e. The first-order valence-electron chi connectivity index (χ1n) is 12.8. The summed E-state index contributed by atoms with van der Waals surface area (Å²) >= 11 is 0. The molecule has 1 aliphatic rings. The van der Waals surface area contributed by atoms with E-state index in [9.17, 15) is 9.59 Å². The Hall–Kier alpha value is -2.82. The van der Waals surface area contributed by atoms with Crippen LogP contribution in [-0.2, 0) is 16.1 Å². The molecule has 1 N–H and O–H groups in total. The summed E-state index contributed by atoms with van der Waals surface area (Å²) in [5.74, 6) is -0.0240. The van der Waals surface area contributed by atoms with Gasteiger partial charge in [-0.2, -0.15) is 0 Å². The summed E-state index contributed by atoms with van der Waals surface area (Å²) < 4.78 is 0. The molecule has 5 nitrogen and oxygen atoms in total. The smallest absolute Gasteiger partial charge is 0.230 e. The maximum atomic E-state index is 14.1. The number of carbonyl (C=O) groups excluding carboxylic acids is 2. The lowest BCUT2D eigenvalue weighted by Crippen LogP contribution is -2.43. The fourth-order valence-electron chi connectivity index (χ4n) is 4.91. The molecule has 1 aliphatic carbocycles. The molecule has 1 saturated carbocycles. The zero-order chi connectivity index (χ0) is 24.7. The van der Waals surface area contributed by atoms with Crippen molar-refractivity contribution in [3.63, 3.8) is 0 Å². The normalized spacial score (nSPS) is 15.1. The van der Waals surface area contributed by atoms with Crippen molar-refractivity contribution in [1.29, 1.82) is 0 Å². The van der Waals surface area contributed by atoms with Crippen molar-refractivity contribution < 1.29 is 9.59 Å². The Labute approximate surface area is 205 Å². The highest BCUT2D eigenvalue weighted by Gasteiger charge is 2.31. The molecule has 2 aromatic carbocycles. The minimum absolute atomic E-state index is 0.00103. The number of carbonyl (C=O) groups is 2. The third-order valence-electron chi connectivity index (χ3n) is 6.90. The number of hydrogen-bond acceptors (Lipinski definition) is 3.